The predicted octanol–water partition coefficient (Wildman–Crippen LogP) is 2.89. The summed E-state index contributed by atoms with van der Waals surface area (Å²) in [6, 6.07) is 19.0. The fraction of sp³-hybridized carbons (Fsp3) is 0.167. The standard InChI is InChI=1S/C18H16N2O2S/c1-22-17(21)14-15(12-8-4-2-5-9-12)19-18(23)20-16(14)13-10-6-3-7-11-13/h2-11,14-15H,1H3,(H,19,23). The highest BCUT2D eigenvalue weighted by atomic mass is 32.1. The van der Waals surface area contributed by atoms with E-state index in [-0.39, 0.29) is 12.0 Å². The van der Waals surface area contributed by atoms with Gasteiger partial charge in [0.1, 0.15) is 5.92 Å². The van der Waals surface area contributed by atoms with Gasteiger partial charge >= 0.3 is 5.97 Å². The SMILES string of the molecule is COC(=O)C1C(c2ccccc2)=NC(=S)NC1c1ccccc1. The van der Waals surface area contributed by atoms with Crippen molar-refractivity contribution in [2.45, 2.75) is 6.04 Å². The van der Waals surface area contributed by atoms with Gasteiger partial charge in [-0.3, -0.25) is 4.79 Å². The van der Waals surface area contributed by atoms with Crippen LogP contribution in [0.25, 0.3) is 0 Å². The second-order valence-corrected chi connectivity index (χ2v) is 5.59. The van der Waals surface area contributed by atoms with Crippen LogP contribution < -0.4 is 5.32 Å². The number of carbonyl (C=O) groups excluding carboxylic acids is 1. The molecule has 1 heterocycles. The van der Waals surface area contributed by atoms with E-state index in [1.165, 1.54) is 7.11 Å². The minimum absolute atomic E-state index is 0.302. The molecule has 1 aliphatic heterocycles. The lowest BCUT2D eigenvalue weighted by Gasteiger charge is -2.32. The summed E-state index contributed by atoms with van der Waals surface area (Å²) in [7, 11) is 1.39. The first-order valence-electron chi connectivity index (χ1n) is 7.28. The highest BCUT2D eigenvalue weighted by Gasteiger charge is 2.39. The third-order valence-electron chi connectivity index (χ3n) is 3.81. The maximum atomic E-state index is 12.5. The highest BCUT2D eigenvalue weighted by Crippen LogP contribution is 2.30. The van der Waals surface area contributed by atoms with E-state index in [9.17, 15) is 4.79 Å². The van der Waals surface area contributed by atoms with Crippen LogP contribution in [0, 0.1) is 5.92 Å². The summed E-state index contributed by atoms with van der Waals surface area (Å²) in [4.78, 5) is 16.9. The van der Waals surface area contributed by atoms with Crippen molar-refractivity contribution < 1.29 is 9.53 Å². The van der Waals surface area contributed by atoms with Crippen LogP contribution in [0.5, 0.6) is 0 Å². The quantitative estimate of drug-likeness (QED) is 0.697. The smallest absolute Gasteiger partial charge is 0.317 e. The van der Waals surface area contributed by atoms with E-state index in [2.05, 4.69) is 10.3 Å². The molecule has 5 heteroatoms. The number of ether oxygens (including phenoxy) is 1. The molecule has 0 spiro atoms. The monoisotopic (exact) mass is 324 g/mol. The average molecular weight is 324 g/mol. The summed E-state index contributed by atoms with van der Waals surface area (Å²) in [5.74, 6) is -0.895. The van der Waals surface area contributed by atoms with Crippen LogP contribution in [-0.2, 0) is 9.53 Å². The van der Waals surface area contributed by atoms with Crippen LogP contribution in [0.4, 0.5) is 0 Å². The maximum absolute atomic E-state index is 12.5. The number of esters is 1. The van der Waals surface area contributed by atoms with Gasteiger partial charge in [-0.05, 0) is 23.3 Å². The fourth-order valence-electron chi connectivity index (χ4n) is 2.75. The second-order valence-electron chi connectivity index (χ2n) is 5.20. The summed E-state index contributed by atoms with van der Waals surface area (Å²) in [6.45, 7) is 0. The zero-order chi connectivity index (χ0) is 16.2. The van der Waals surface area contributed by atoms with E-state index in [1.807, 2.05) is 60.7 Å². The van der Waals surface area contributed by atoms with Crippen molar-refractivity contribution >= 4 is 29.0 Å². The molecule has 2 unspecified atom stereocenters. The Bertz CT molecular complexity index is 744. The molecule has 0 fully saturated rings. The minimum atomic E-state index is -0.559. The number of rotatable bonds is 3. The van der Waals surface area contributed by atoms with Gasteiger partial charge in [0.25, 0.3) is 0 Å². The number of hydrogen-bond acceptors (Lipinski definition) is 3. The van der Waals surface area contributed by atoms with Gasteiger partial charge in [0.2, 0.25) is 0 Å². The fourth-order valence-corrected chi connectivity index (χ4v) is 2.97. The lowest BCUT2D eigenvalue weighted by atomic mass is 9.85. The Labute approximate surface area is 140 Å². The van der Waals surface area contributed by atoms with Crippen molar-refractivity contribution in [3.63, 3.8) is 0 Å². The molecule has 0 saturated heterocycles. The maximum Gasteiger partial charge on any atom is 0.317 e. The lowest BCUT2D eigenvalue weighted by Crippen LogP contribution is -2.45. The third-order valence-corrected chi connectivity index (χ3v) is 4.02. The second kappa shape index (κ2) is 6.71. The summed E-state index contributed by atoms with van der Waals surface area (Å²) < 4.78 is 5.03. The van der Waals surface area contributed by atoms with Crippen LogP contribution in [0.1, 0.15) is 17.2 Å². The molecule has 0 bridgehead atoms. The topological polar surface area (TPSA) is 50.7 Å². The molecule has 23 heavy (non-hydrogen) atoms. The number of thiocarbonyl (C=S) groups is 1. The van der Waals surface area contributed by atoms with E-state index in [0.29, 0.717) is 10.8 Å². The van der Waals surface area contributed by atoms with Crippen LogP contribution in [-0.4, -0.2) is 23.9 Å². The zero-order valence-electron chi connectivity index (χ0n) is 12.6. The van der Waals surface area contributed by atoms with Crippen LogP contribution in [0.3, 0.4) is 0 Å². The number of carbonyl (C=O) groups is 1. The molecule has 1 N–H and O–H groups in total. The van der Waals surface area contributed by atoms with Gasteiger partial charge in [0, 0.05) is 0 Å². The molecule has 0 saturated carbocycles. The van der Waals surface area contributed by atoms with Gasteiger partial charge < -0.3 is 10.1 Å². The number of hydrogen-bond donors (Lipinski definition) is 1. The molecule has 0 radical (unpaired) electrons. The first-order valence-corrected chi connectivity index (χ1v) is 7.69. The highest BCUT2D eigenvalue weighted by molar-refractivity contribution is 7.80. The van der Waals surface area contributed by atoms with Gasteiger partial charge in [-0.1, -0.05) is 60.7 Å². The number of benzene rings is 2. The van der Waals surface area contributed by atoms with Gasteiger partial charge in [0.05, 0.1) is 18.9 Å². The minimum Gasteiger partial charge on any atom is -0.468 e. The molecule has 0 aliphatic carbocycles. The molecule has 4 nitrogen and oxygen atoms in total. The van der Waals surface area contributed by atoms with E-state index in [0.717, 1.165) is 11.1 Å². The molecular formula is C18H16N2O2S. The Morgan fingerprint density at radius 3 is 2.30 bits per heavy atom. The summed E-state index contributed by atoms with van der Waals surface area (Å²) in [5, 5.41) is 3.51. The molecule has 2 aromatic rings. The Morgan fingerprint density at radius 1 is 1.09 bits per heavy atom. The van der Waals surface area contributed by atoms with Gasteiger partial charge in [-0.25, -0.2) is 4.99 Å². The normalized spacial score (nSPS) is 20.4. The summed E-state index contributed by atoms with van der Waals surface area (Å²) in [6.07, 6.45) is 0. The number of nitrogens with one attached hydrogen (secondary N) is 1. The summed E-state index contributed by atoms with van der Waals surface area (Å²) in [5.41, 5.74) is 2.47. The number of aliphatic imine (C=N–C) groups is 1. The molecule has 2 aromatic carbocycles. The van der Waals surface area contributed by atoms with Crippen LogP contribution in [0.2, 0.25) is 0 Å². The molecular weight excluding hydrogens is 308 g/mol. The first-order chi connectivity index (χ1) is 11.2. The summed E-state index contributed by atoms with van der Waals surface area (Å²) >= 11 is 5.28. The molecule has 2 atom stereocenters. The van der Waals surface area contributed by atoms with Crippen molar-refractivity contribution in [3.05, 3.63) is 71.8 Å². The third kappa shape index (κ3) is 3.14. The largest absolute Gasteiger partial charge is 0.468 e. The zero-order valence-corrected chi connectivity index (χ0v) is 13.4. The first kappa shape index (κ1) is 15.4. The lowest BCUT2D eigenvalue weighted by molar-refractivity contribution is -0.143. The molecule has 0 amide bonds. The van der Waals surface area contributed by atoms with E-state index in [4.69, 9.17) is 17.0 Å². The Kier molecular flexibility index (Phi) is 4.48. The van der Waals surface area contributed by atoms with E-state index < -0.39 is 5.92 Å². The van der Waals surface area contributed by atoms with Crippen LogP contribution in [0.15, 0.2) is 65.7 Å². The van der Waals surface area contributed by atoms with E-state index in [1.54, 1.807) is 0 Å². The van der Waals surface area contributed by atoms with Gasteiger partial charge in [-0.15, -0.1) is 0 Å². The van der Waals surface area contributed by atoms with Gasteiger partial charge in [-0.2, -0.15) is 0 Å². The Balaban J connectivity index is 2.10. The van der Waals surface area contributed by atoms with Gasteiger partial charge in [0.15, 0.2) is 5.11 Å². The van der Waals surface area contributed by atoms with Crippen LogP contribution >= 0.6 is 12.2 Å². The van der Waals surface area contributed by atoms with Crippen molar-refractivity contribution in [2.75, 3.05) is 7.11 Å². The molecule has 116 valence electrons. The number of nitrogens with zero attached hydrogens (tertiary/aromatic N) is 1. The molecule has 3 rings (SSSR count). The van der Waals surface area contributed by atoms with Crippen molar-refractivity contribution in [1.82, 2.24) is 5.32 Å². The predicted molar refractivity (Wildman–Crippen MR) is 93.4 cm³/mol. The van der Waals surface area contributed by atoms with Crippen molar-refractivity contribution in [3.8, 4) is 0 Å². The average Bonchev–Trinajstić information content (AvgIpc) is 2.62. The van der Waals surface area contributed by atoms with Crippen molar-refractivity contribution in [1.29, 1.82) is 0 Å². The Hall–Kier alpha value is -2.53. The molecule has 1 aliphatic rings. The molecule has 0 aromatic heterocycles. The van der Waals surface area contributed by atoms with E-state index >= 15 is 0 Å². The van der Waals surface area contributed by atoms with Crippen molar-refractivity contribution in [2.24, 2.45) is 10.9 Å². The number of methoxy groups -OCH3 is 1. The Morgan fingerprint density at radius 2 is 1.70 bits per heavy atom.